The average molecular weight is 458 g/mol. The van der Waals surface area contributed by atoms with Crippen molar-refractivity contribution in [2.45, 2.75) is 63.8 Å². The van der Waals surface area contributed by atoms with E-state index in [0.29, 0.717) is 18.9 Å². The predicted octanol–water partition coefficient (Wildman–Crippen LogP) is 7.60. The molecule has 0 atom stereocenters. The summed E-state index contributed by atoms with van der Waals surface area (Å²) >= 11 is 17.5. The van der Waals surface area contributed by atoms with Gasteiger partial charge in [-0.1, -0.05) is 57.1 Å². The molecule has 1 rings (SSSR count). The van der Waals surface area contributed by atoms with Gasteiger partial charge in [-0.25, -0.2) is 13.6 Å². The lowest BCUT2D eigenvalue weighted by Crippen LogP contribution is -2.07. The van der Waals surface area contributed by atoms with Gasteiger partial charge in [-0.3, -0.25) is 0 Å². The monoisotopic (exact) mass is 456 g/mol. The number of aliphatic carboxylic acids is 1. The third-order valence-corrected chi connectivity index (χ3v) is 6.86. The summed E-state index contributed by atoms with van der Waals surface area (Å²) in [5.41, 5.74) is 0.0562. The number of halogens is 5. The Labute approximate surface area is 174 Å². The van der Waals surface area contributed by atoms with E-state index < -0.39 is 23.6 Å². The van der Waals surface area contributed by atoms with Crippen LogP contribution in [0.15, 0.2) is 23.8 Å². The van der Waals surface area contributed by atoms with E-state index in [1.807, 2.05) is 0 Å². The summed E-state index contributed by atoms with van der Waals surface area (Å²) in [5.74, 6) is -3.10. The molecule has 8 heteroatoms. The third kappa shape index (κ3) is 11.1. The van der Waals surface area contributed by atoms with Crippen molar-refractivity contribution in [3.05, 3.63) is 41.0 Å². The number of benzene rings is 1. The minimum absolute atomic E-state index is 0.0367. The molecule has 0 heterocycles. The zero-order chi connectivity index (χ0) is 20.3. The van der Waals surface area contributed by atoms with Gasteiger partial charge in [0.25, 0.3) is 0 Å². The number of hydrogen-bond acceptors (Lipinski definition) is 1. The second kappa shape index (κ2) is 12.8. The molecular formula is C19H25Cl3F2O2Si. The van der Waals surface area contributed by atoms with Gasteiger partial charge in [-0.05, 0) is 31.0 Å². The number of carboxylic acid groups (broad SMARTS) is 1. The molecule has 0 bridgehead atoms. The van der Waals surface area contributed by atoms with Crippen LogP contribution in [-0.2, 0) is 4.79 Å². The molecule has 0 aromatic heterocycles. The van der Waals surface area contributed by atoms with Crippen molar-refractivity contribution < 1.29 is 18.7 Å². The summed E-state index contributed by atoms with van der Waals surface area (Å²) in [6.07, 6.45) is 9.47. The molecule has 0 saturated carbocycles. The number of hydrogen-bond donors (Lipinski definition) is 1. The molecule has 0 fully saturated rings. The number of rotatable bonds is 13. The van der Waals surface area contributed by atoms with Crippen LogP contribution >= 0.6 is 33.2 Å². The van der Waals surface area contributed by atoms with E-state index in [4.69, 9.17) is 33.2 Å². The van der Waals surface area contributed by atoms with Crippen molar-refractivity contribution >= 4 is 51.3 Å². The SMILES string of the molecule is O=C(O)/C(=C/c1cccc(F)c1F)CCCCCCCCCC[Si](Cl)(Cl)Cl. The normalized spacial score (nSPS) is 12.4. The van der Waals surface area contributed by atoms with E-state index in [1.165, 1.54) is 18.2 Å². The Kier molecular flexibility index (Phi) is 11.5. The van der Waals surface area contributed by atoms with Gasteiger partial charge < -0.3 is 5.11 Å². The van der Waals surface area contributed by atoms with Gasteiger partial charge >= 0.3 is 12.0 Å². The second-order valence-corrected chi connectivity index (χ2v) is 15.8. The molecule has 1 N–H and O–H groups in total. The molecule has 0 radical (unpaired) electrons. The highest BCUT2D eigenvalue weighted by Gasteiger charge is 2.23. The van der Waals surface area contributed by atoms with Crippen molar-refractivity contribution in [2.75, 3.05) is 0 Å². The maximum atomic E-state index is 13.7. The van der Waals surface area contributed by atoms with Crippen LogP contribution in [0.4, 0.5) is 8.78 Å². The highest BCUT2D eigenvalue weighted by molar-refractivity contribution is 7.64. The highest BCUT2D eigenvalue weighted by Crippen LogP contribution is 2.27. The van der Waals surface area contributed by atoms with E-state index in [-0.39, 0.29) is 11.1 Å². The minimum atomic E-state index is -2.48. The molecule has 0 aliphatic rings. The lowest BCUT2D eigenvalue weighted by Gasteiger charge is -2.07. The highest BCUT2D eigenvalue weighted by atomic mass is 35.8. The Bertz CT molecular complexity index is 634. The first kappa shape index (κ1) is 24.4. The van der Waals surface area contributed by atoms with Gasteiger partial charge in [-0.2, -0.15) is 0 Å². The summed E-state index contributed by atoms with van der Waals surface area (Å²) in [7, 11) is 0. The Balaban J connectivity index is 2.26. The van der Waals surface area contributed by atoms with E-state index in [2.05, 4.69) is 0 Å². The van der Waals surface area contributed by atoms with Gasteiger partial charge in [0, 0.05) is 11.1 Å². The Morgan fingerprint density at radius 1 is 0.963 bits per heavy atom. The quantitative estimate of drug-likeness (QED) is 0.143. The number of unbranched alkanes of at least 4 members (excludes halogenated alkanes) is 7. The Morgan fingerprint density at radius 3 is 2.07 bits per heavy atom. The first-order valence-electron chi connectivity index (χ1n) is 9.15. The molecule has 1 aromatic rings. The van der Waals surface area contributed by atoms with E-state index in [9.17, 15) is 18.7 Å². The van der Waals surface area contributed by atoms with Crippen LogP contribution < -0.4 is 0 Å². The van der Waals surface area contributed by atoms with Crippen LogP contribution in [0.5, 0.6) is 0 Å². The van der Waals surface area contributed by atoms with Crippen LogP contribution in [0.2, 0.25) is 6.04 Å². The van der Waals surface area contributed by atoms with Crippen molar-refractivity contribution in [3.63, 3.8) is 0 Å². The van der Waals surface area contributed by atoms with Gasteiger partial charge in [0.2, 0.25) is 0 Å². The Hall–Kier alpha value is -0.623. The van der Waals surface area contributed by atoms with Crippen LogP contribution in [0, 0.1) is 11.6 Å². The molecule has 2 nitrogen and oxygen atoms in total. The molecule has 0 aliphatic carbocycles. The summed E-state index contributed by atoms with van der Waals surface area (Å²) in [5, 5.41) is 9.27. The first-order chi connectivity index (χ1) is 12.7. The van der Waals surface area contributed by atoms with Gasteiger partial charge in [0.15, 0.2) is 11.6 Å². The van der Waals surface area contributed by atoms with E-state index in [0.717, 1.165) is 51.0 Å². The Morgan fingerprint density at radius 2 is 1.52 bits per heavy atom. The van der Waals surface area contributed by atoms with Crippen molar-refractivity contribution in [1.29, 1.82) is 0 Å². The van der Waals surface area contributed by atoms with E-state index in [1.54, 1.807) is 0 Å². The minimum Gasteiger partial charge on any atom is -0.478 e. The van der Waals surface area contributed by atoms with Gasteiger partial charge in [0.05, 0.1) is 0 Å². The molecule has 0 aliphatic heterocycles. The fourth-order valence-corrected chi connectivity index (χ4v) is 4.62. The van der Waals surface area contributed by atoms with Crippen molar-refractivity contribution in [3.8, 4) is 0 Å². The van der Waals surface area contributed by atoms with Gasteiger partial charge in [-0.15, -0.1) is 33.2 Å². The summed E-state index contributed by atoms with van der Waals surface area (Å²) in [4.78, 5) is 11.3. The van der Waals surface area contributed by atoms with E-state index >= 15 is 0 Å². The zero-order valence-corrected chi connectivity index (χ0v) is 18.4. The van der Waals surface area contributed by atoms with Crippen LogP contribution in [0.1, 0.15) is 63.4 Å². The molecule has 0 spiro atoms. The summed E-state index contributed by atoms with van der Waals surface area (Å²) in [6.45, 7) is 0. The lowest BCUT2D eigenvalue weighted by molar-refractivity contribution is -0.132. The van der Waals surface area contributed by atoms with Crippen LogP contribution in [-0.4, -0.2) is 17.1 Å². The van der Waals surface area contributed by atoms with Crippen molar-refractivity contribution in [2.24, 2.45) is 0 Å². The smallest absolute Gasteiger partial charge is 0.341 e. The number of carboxylic acids is 1. The largest absolute Gasteiger partial charge is 0.478 e. The summed E-state index contributed by atoms with van der Waals surface area (Å²) in [6, 6.07) is 1.96. The molecule has 1 aromatic carbocycles. The third-order valence-electron chi connectivity index (χ3n) is 4.24. The maximum Gasteiger partial charge on any atom is 0.341 e. The molecule has 27 heavy (non-hydrogen) atoms. The molecule has 152 valence electrons. The molecule has 0 amide bonds. The molecule has 0 unspecified atom stereocenters. The van der Waals surface area contributed by atoms with Crippen LogP contribution in [0.3, 0.4) is 0 Å². The van der Waals surface area contributed by atoms with Crippen LogP contribution in [0.25, 0.3) is 6.08 Å². The predicted molar refractivity (Wildman–Crippen MR) is 112 cm³/mol. The van der Waals surface area contributed by atoms with Gasteiger partial charge in [0.1, 0.15) is 0 Å². The van der Waals surface area contributed by atoms with Crippen molar-refractivity contribution in [1.82, 2.24) is 0 Å². The average Bonchev–Trinajstić information content (AvgIpc) is 2.58. The fourth-order valence-electron chi connectivity index (χ4n) is 2.76. The summed E-state index contributed by atoms with van der Waals surface area (Å²) < 4.78 is 26.9. The number of carbonyl (C=O) groups is 1. The fraction of sp³-hybridized carbons (Fsp3) is 0.526. The lowest BCUT2D eigenvalue weighted by atomic mass is 10.0. The standard InChI is InChI=1S/C19H25Cl3F2O2Si/c20-27(21,22)13-8-6-4-2-1-3-5-7-10-16(19(25)26)14-15-11-9-12-17(23)18(15)24/h9,11-12,14H,1-8,10,13H2,(H,25,26)/b16-14+. The molecular weight excluding hydrogens is 433 g/mol. The topological polar surface area (TPSA) is 37.3 Å². The maximum absolute atomic E-state index is 13.7. The second-order valence-electron chi connectivity index (χ2n) is 6.56. The molecule has 0 saturated heterocycles. The zero-order valence-electron chi connectivity index (χ0n) is 15.1. The first-order valence-corrected chi connectivity index (χ1v) is 14.4.